The fourth-order valence-electron chi connectivity index (χ4n) is 1.26. The minimum atomic E-state index is -0.226. The number of aryl methyl sites for hydroxylation is 1. The number of benzene rings is 1. The average Bonchev–Trinajstić information content (AvgIpc) is 2.15. The van der Waals surface area contributed by atoms with E-state index in [1.165, 1.54) is 0 Å². The molecule has 0 aromatic heterocycles. The first-order valence-corrected chi connectivity index (χ1v) is 5.69. The first-order valence-electron chi connectivity index (χ1n) is 5.69. The first kappa shape index (κ1) is 13.3. The van der Waals surface area contributed by atoms with E-state index in [4.69, 9.17) is 0 Å². The summed E-state index contributed by atoms with van der Waals surface area (Å²) in [6.07, 6.45) is 3.62. The largest absolute Gasteiger partial charge is 0.323 e. The molecule has 0 fully saturated rings. The highest BCUT2D eigenvalue weighted by Gasteiger charge is 2.04. The molecule has 2 N–H and O–H groups in total. The number of nitrogens with one attached hydrogen (secondary N) is 2. The normalized spacial score (nSPS) is 11.5. The van der Waals surface area contributed by atoms with E-state index in [2.05, 4.69) is 31.4 Å². The molecular weight excluding hydrogens is 212 g/mol. The van der Waals surface area contributed by atoms with Crippen LogP contribution in [0, 0.1) is 12.3 Å². The van der Waals surface area contributed by atoms with E-state index in [0.29, 0.717) is 0 Å². The van der Waals surface area contributed by atoms with Crippen molar-refractivity contribution in [3.8, 4) is 0 Å². The van der Waals surface area contributed by atoms with Gasteiger partial charge in [-0.3, -0.25) is 0 Å². The molecule has 0 aliphatic heterocycles. The lowest BCUT2D eigenvalue weighted by Gasteiger charge is -2.11. The summed E-state index contributed by atoms with van der Waals surface area (Å²) in [5.41, 5.74) is 1.98. The van der Waals surface area contributed by atoms with Crippen molar-refractivity contribution in [2.45, 2.75) is 27.7 Å². The van der Waals surface area contributed by atoms with Gasteiger partial charge in [0.05, 0.1) is 0 Å². The summed E-state index contributed by atoms with van der Waals surface area (Å²) >= 11 is 0. The lowest BCUT2D eigenvalue weighted by Crippen LogP contribution is -2.24. The molecule has 1 aromatic carbocycles. The van der Waals surface area contributed by atoms with Crippen molar-refractivity contribution in [1.29, 1.82) is 0 Å². The number of rotatable bonds is 2. The minimum Gasteiger partial charge on any atom is -0.315 e. The van der Waals surface area contributed by atoms with Crippen molar-refractivity contribution < 1.29 is 4.79 Å². The van der Waals surface area contributed by atoms with Crippen LogP contribution in [0.3, 0.4) is 0 Å². The molecule has 92 valence electrons. The number of allylic oxidation sites excluding steroid dienone is 1. The Morgan fingerprint density at radius 3 is 2.59 bits per heavy atom. The maximum atomic E-state index is 11.5. The van der Waals surface area contributed by atoms with Gasteiger partial charge in [-0.05, 0) is 30.0 Å². The van der Waals surface area contributed by atoms with Gasteiger partial charge in [0.15, 0.2) is 0 Å². The van der Waals surface area contributed by atoms with Gasteiger partial charge in [0.1, 0.15) is 0 Å². The van der Waals surface area contributed by atoms with Crippen LogP contribution in [0.2, 0.25) is 0 Å². The lowest BCUT2D eigenvalue weighted by molar-refractivity contribution is 0.255. The second-order valence-electron chi connectivity index (χ2n) is 5.17. The number of hydrogen-bond donors (Lipinski definition) is 2. The predicted molar refractivity (Wildman–Crippen MR) is 71.9 cm³/mol. The molecule has 0 bridgehead atoms. The zero-order chi connectivity index (χ0) is 12.9. The Morgan fingerprint density at radius 2 is 2.00 bits per heavy atom. The van der Waals surface area contributed by atoms with E-state index in [1.54, 1.807) is 6.20 Å². The molecule has 0 aliphatic carbocycles. The molecule has 1 aromatic rings. The molecule has 0 spiro atoms. The van der Waals surface area contributed by atoms with Crippen molar-refractivity contribution in [3.05, 3.63) is 42.1 Å². The van der Waals surface area contributed by atoms with Crippen molar-refractivity contribution >= 4 is 11.7 Å². The minimum absolute atomic E-state index is 0.0661. The van der Waals surface area contributed by atoms with Crippen LogP contribution < -0.4 is 10.6 Å². The molecule has 3 nitrogen and oxygen atoms in total. The summed E-state index contributed by atoms with van der Waals surface area (Å²) in [5, 5.41) is 5.44. The molecular formula is C14H20N2O. The Hall–Kier alpha value is -1.77. The summed E-state index contributed by atoms with van der Waals surface area (Å²) in [6.45, 7) is 8.21. The van der Waals surface area contributed by atoms with Gasteiger partial charge in [-0.2, -0.15) is 0 Å². The average molecular weight is 232 g/mol. The first-order chi connectivity index (χ1) is 7.87. The molecule has 0 radical (unpaired) electrons. The van der Waals surface area contributed by atoms with Crippen LogP contribution >= 0.6 is 0 Å². The van der Waals surface area contributed by atoms with Gasteiger partial charge in [0.25, 0.3) is 0 Å². The summed E-state index contributed by atoms with van der Waals surface area (Å²) < 4.78 is 0. The Bertz CT molecular complexity index is 416. The Balaban J connectivity index is 2.48. The van der Waals surface area contributed by atoms with Crippen LogP contribution in [0.4, 0.5) is 10.5 Å². The highest BCUT2D eigenvalue weighted by molar-refractivity contribution is 5.89. The van der Waals surface area contributed by atoms with Gasteiger partial charge in [0.2, 0.25) is 0 Å². The number of hydrogen-bond acceptors (Lipinski definition) is 1. The van der Waals surface area contributed by atoms with Crippen molar-refractivity contribution in [2.75, 3.05) is 5.32 Å². The van der Waals surface area contributed by atoms with Crippen LogP contribution in [-0.2, 0) is 0 Å². The highest BCUT2D eigenvalue weighted by atomic mass is 16.2. The van der Waals surface area contributed by atoms with E-state index in [0.717, 1.165) is 11.3 Å². The fraction of sp³-hybridized carbons (Fsp3) is 0.357. The zero-order valence-electron chi connectivity index (χ0n) is 10.9. The molecule has 0 saturated carbocycles. The Labute approximate surface area is 103 Å². The second-order valence-corrected chi connectivity index (χ2v) is 5.17. The van der Waals surface area contributed by atoms with E-state index < -0.39 is 0 Å². The molecule has 0 unspecified atom stereocenters. The number of carbonyl (C=O) groups excluding carboxylic acids is 1. The standard InChI is InChI=1S/C14H20N2O/c1-11-6-5-7-12(10-11)16-13(17)15-9-8-14(2,3)4/h5-10H,1-4H3,(H2,15,16,17)/b9-8+. The van der Waals surface area contributed by atoms with Crippen LogP contribution in [0.25, 0.3) is 0 Å². The van der Waals surface area contributed by atoms with Gasteiger partial charge in [-0.15, -0.1) is 0 Å². The third-order valence-corrected chi connectivity index (χ3v) is 2.07. The van der Waals surface area contributed by atoms with Gasteiger partial charge >= 0.3 is 6.03 Å². The third kappa shape index (κ3) is 5.76. The van der Waals surface area contributed by atoms with E-state index in [-0.39, 0.29) is 11.4 Å². The zero-order valence-corrected chi connectivity index (χ0v) is 10.9. The number of anilines is 1. The van der Waals surface area contributed by atoms with E-state index >= 15 is 0 Å². The van der Waals surface area contributed by atoms with Crippen LogP contribution in [0.15, 0.2) is 36.5 Å². The molecule has 1 rings (SSSR count). The van der Waals surface area contributed by atoms with E-state index in [9.17, 15) is 4.79 Å². The monoisotopic (exact) mass is 232 g/mol. The third-order valence-electron chi connectivity index (χ3n) is 2.07. The topological polar surface area (TPSA) is 41.1 Å². The SMILES string of the molecule is Cc1cccc(NC(=O)N/C=C/C(C)(C)C)c1. The molecule has 0 heterocycles. The van der Waals surface area contributed by atoms with Gasteiger partial charge in [-0.1, -0.05) is 39.0 Å². The highest BCUT2D eigenvalue weighted by Crippen LogP contribution is 2.13. The quantitative estimate of drug-likeness (QED) is 0.802. The second kappa shape index (κ2) is 5.53. The summed E-state index contributed by atoms with van der Waals surface area (Å²) in [4.78, 5) is 11.5. The lowest BCUT2D eigenvalue weighted by atomic mass is 9.97. The molecule has 0 saturated heterocycles. The Morgan fingerprint density at radius 1 is 1.29 bits per heavy atom. The van der Waals surface area contributed by atoms with Crippen LogP contribution in [0.1, 0.15) is 26.3 Å². The number of urea groups is 1. The molecule has 2 amide bonds. The van der Waals surface area contributed by atoms with E-state index in [1.807, 2.05) is 37.3 Å². The number of amides is 2. The van der Waals surface area contributed by atoms with Crippen LogP contribution in [0.5, 0.6) is 0 Å². The van der Waals surface area contributed by atoms with Gasteiger partial charge in [0, 0.05) is 11.9 Å². The molecule has 0 aliphatic rings. The molecule has 17 heavy (non-hydrogen) atoms. The van der Waals surface area contributed by atoms with Gasteiger partial charge in [-0.25, -0.2) is 4.79 Å². The molecule has 0 atom stereocenters. The van der Waals surface area contributed by atoms with Crippen molar-refractivity contribution in [2.24, 2.45) is 5.41 Å². The van der Waals surface area contributed by atoms with Crippen molar-refractivity contribution in [3.63, 3.8) is 0 Å². The van der Waals surface area contributed by atoms with Gasteiger partial charge < -0.3 is 10.6 Å². The number of carbonyl (C=O) groups is 1. The maximum absolute atomic E-state index is 11.5. The predicted octanol–water partition coefficient (Wildman–Crippen LogP) is 3.68. The maximum Gasteiger partial charge on any atom is 0.323 e. The Kier molecular flexibility index (Phi) is 4.32. The summed E-state index contributed by atoms with van der Waals surface area (Å²) in [6, 6.07) is 7.46. The smallest absolute Gasteiger partial charge is 0.315 e. The molecule has 3 heteroatoms. The van der Waals surface area contributed by atoms with Crippen molar-refractivity contribution in [1.82, 2.24) is 5.32 Å². The summed E-state index contributed by atoms with van der Waals surface area (Å²) in [7, 11) is 0. The summed E-state index contributed by atoms with van der Waals surface area (Å²) in [5.74, 6) is 0. The fourth-order valence-corrected chi connectivity index (χ4v) is 1.26. The van der Waals surface area contributed by atoms with Crippen LogP contribution in [-0.4, -0.2) is 6.03 Å².